The summed E-state index contributed by atoms with van der Waals surface area (Å²) in [5, 5.41) is 6.46. The van der Waals surface area contributed by atoms with E-state index < -0.39 is 5.82 Å². The molecule has 2 aromatic rings. The largest absolute Gasteiger partial charge is 0.337 e. The molecule has 0 spiro atoms. The van der Waals surface area contributed by atoms with Crippen molar-refractivity contribution in [3.63, 3.8) is 0 Å². The number of carbonyl (C=O) groups excluding carboxylic acids is 1. The number of amides is 1. The molecule has 18 heavy (non-hydrogen) atoms. The number of nitrogens with one attached hydrogen (secondary N) is 1. The Morgan fingerprint density at radius 1 is 1.56 bits per heavy atom. The normalized spacial score (nSPS) is 10.4. The van der Waals surface area contributed by atoms with Gasteiger partial charge in [-0.25, -0.2) is 4.39 Å². The van der Waals surface area contributed by atoms with Crippen molar-refractivity contribution in [3.8, 4) is 0 Å². The average molecular weight is 312 g/mol. The van der Waals surface area contributed by atoms with Crippen LogP contribution >= 0.6 is 15.9 Å². The van der Waals surface area contributed by atoms with Crippen molar-refractivity contribution in [1.82, 2.24) is 15.1 Å². The van der Waals surface area contributed by atoms with Crippen molar-refractivity contribution >= 4 is 21.8 Å². The summed E-state index contributed by atoms with van der Waals surface area (Å²) in [6, 6.07) is 4.66. The molecular formula is C12H11BrFN3O. The van der Waals surface area contributed by atoms with Gasteiger partial charge in [0.25, 0.3) is 5.91 Å². The van der Waals surface area contributed by atoms with E-state index in [4.69, 9.17) is 0 Å². The molecule has 94 valence electrons. The third kappa shape index (κ3) is 2.59. The van der Waals surface area contributed by atoms with Crippen molar-refractivity contribution in [2.24, 2.45) is 0 Å². The Bertz CT molecular complexity index is 556. The lowest BCUT2D eigenvalue weighted by molar-refractivity contribution is 0.0780. The highest BCUT2D eigenvalue weighted by molar-refractivity contribution is 9.10. The smallest absolute Gasteiger partial charge is 0.256 e. The molecule has 1 amide bonds. The van der Waals surface area contributed by atoms with Gasteiger partial charge in [-0.3, -0.25) is 9.89 Å². The number of hydrogen-bond acceptors (Lipinski definition) is 2. The summed E-state index contributed by atoms with van der Waals surface area (Å²) in [6.07, 6.45) is 3.32. The molecule has 0 saturated carbocycles. The van der Waals surface area contributed by atoms with E-state index in [-0.39, 0.29) is 15.9 Å². The summed E-state index contributed by atoms with van der Waals surface area (Å²) in [7, 11) is 1.62. The molecule has 0 atom stereocenters. The standard InChI is InChI=1S/C12H11BrFN3O/c1-17(7-8-5-15-16-6-8)12(18)9-3-2-4-10(13)11(9)14/h2-6H,7H2,1H3,(H,15,16). The summed E-state index contributed by atoms with van der Waals surface area (Å²) in [5.41, 5.74) is 0.914. The maximum atomic E-state index is 13.8. The Kier molecular flexibility index (Phi) is 3.76. The fourth-order valence-electron chi connectivity index (χ4n) is 1.58. The quantitative estimate of drug-likeness (QED) is 0.947. The summed E-state index contributed by atoms with van der Waals surface area (Å²) >= 11 is 3.06. The number of halogens is 2. The van der Waals surface area contributed by atoms with Crippen LogP contribution in [0.2, 0.25) is 0 Å². The second kappa shape index (κ2) is 5.30. The summed E-state index contributed by atoms with van der Waals surface area (Å²) in [5.74, 6) is -0.906. The SMILES string of the molecule is CN(Cc1cn[nH]c1)C(=O)c1cccc(Br)c1F. The van der Waals surface area contributed by atoms with Crippen LogP contribution in [0, 0.1) is 5.82 Å². The molecular weight excluding hydrogens is 301 g/mol. The number of nitrogens with zero attached hydrogens (tertiary/aromatic N) is 2. The predicted octanol–water partition coefficient (Wildman–Crippen LogP) is 2.58. The molecule has 0 saturated heterocycles. The molecule has 1 aromatic carbocycles. The van der Waals surface area contributed by atoms with Crippen LogP contribution in [0.25, 0.3) is 0 Å². The van der Waals surface area contributed by atoms with Crippen LogP contribution in [0.15, 0.2) is 35.1 Å². The molecule has 6 heteroatoms. The van der Waals surface area contributed by atoms with E-state index in [9.17, 15) is 9.18 Å². The van der Waals surface area contributed by atoms with Gasteiger partial charge in [0.05, 0.1) is 16.2 Å². The highest BCUT2D eigenvalue weighted by Gasteiger charge is 2.17. The van der Waals surface area contributed by atoms with Gasteiger partial charge in [-0.15, -0.1) is 0 Å². The van der Waals surface area contributed by atoms with E-state index in [1.807, 2.05) is 0 Å². The minimum absolute atomic E-state index is 0.0513. The number of hydrogen-bond donors (Lipinski definition) is 1. The molecule has 0 fully saturated rings. The maximum Gasteiger partial charge on any atom is 0.256 e. The van der Waals surface area contributed by atoms with Crippen LogP contribution in [0.1, 0.15) is 15.9 Å². The van der Waals surface area contributed by atoms with E-state index in [1.54, 1.807) is 31.6 Å². The van der Waals surface area contributed by atoms with Gasteiger partial charge in [0.1, 0.15) is 5.82 Å². The van der Waals surface area contributed by atoms with Crippen LogP contribution in [0.5, 0.6) is 0 Å². The first-order chi connectivity index (χ1) is 8.59. The van der Waals surface area contributed by atoms with Gasteiger partial charge in [-0.05, 0) is 28.1 Å². The maximum absolute atomic E-state index is 13.8. The average Bonchev–Trinajstić information content (AvgIpc) is 2.84. The number of aromatic amines is 1. The fourth-order valence-corrected chi connectivity index (χ4v) is 1.95. The summed E-state index contributed by atoms with van der Waals surface area (Å²) in [4.78, 5) is 13.5. The van der Waals surface area contributed by atoms with Gasteiger partial charge in [0, 0.05) is 25.4 Å². The zero-order valence-corrected chi connectivity index (χ0v) is 11.2. The van der Waals surface area contributed by atoms with Crippen molar-refractivity contribution < 1.29 is 9.18 Å². The molecule has 0 bridgehead atoms. The second-order valence-electron chi connectivity index (χ2n) is 3.87. The zero-order chi connectivity index (χ0) is 13.1. The van der Waals surface area contributed by atoms with Crippen molar-refractivity contribution in [1.29, 1.82) is 0 Å². The number of aromatic nitrogens is 2. The summed E-state index contributed by atoms with van der Waals surface area (Å²) < 4.78 is 14.1. The van der Waals surface area contributed by atoms with E-state index in [1.165, 1.54) is 11.0 Å². The van der Waals surface area contributed by atoms with Crippen molar-refractivity contribution in [2.45, 2.75) is 6.54 Å². The van der Waals surface area contributed by atoms with Crippen molar-refractivity contribution in [2.75, 3.05) is 7.05 Å². The van der Waals surface area contributed by atoms with Crippen LogP contribution in [0.3, 0.4) is 0 Å². The molecule has 0 aliphatic carbocycles. The Balaban J connectivity index is 2.18. The third-order valence-electron chi connectivity index (χ3n) is 2.50. The van der Waals surface area contributed by atoms with Gasteiger partial charge in [-0.2, -0.15) is 5.10 Å². The minimum Gasteiger partial charge on any atom is -0.337 e. The summed E-state index contributed by atoms with van der Waals surface area (Å²) in [6.45, 7) is 0.376. The van der Waals surface area contributed by atoms with Gasteiger partial charge in [0.2, 0.25) is 0 Å². The van der Waals surface area contributed by atoms with Crippen LogP contribution < -0.4 is 0 Å². The lowest BCUT2D eigenvalue weighted by Crippen LogP contribution is -2.26. The van der Waals surface area contributed by atoms with Crippen molar-refractivity contribution in [3.05, 3.63) is 52.0 Å². The predicted molar refractivity (Wildman–Crippen MR) is 68.5 cm³/mol. The first kappa shape index (κ1) is 12.8. The Labute approximate surface area is 112 Å². The number of H-pyrrole nitrogens is 1. The highest BCUT2D eigenvalue weighted by atomic mass is 79.9. The van der Waals surface area contributed by atoms with Gasteiger partial charge < -0.3 is 4.90 Å². The van der Waals surface area contributed by atoms with Gasteiger partial charge >= 0.3 is 0 Å². The molecule has 2 rings (SSSR count). The van der Waals surface area contributed by atoms with E-state index in [2.05, 4.69) is 26.1 Å². The molecule has 1 heterocycles. The molecule has 0 aliphatic rings. The molecule has 0 radical (unpaired) electrons. The lowest BCUT2D eigenvalue weighted by atomic mass is 10.2. The van der Waals surface area contributed by atoms with Crippen LogP contribution in [-0.4, -0.2) is 28.1 Å². The highest BCUT2D eigenvalue weighted by Crippen LogP contribution is 2.20. The molecule has 0 unspecified atom stereocenters. The van der Waals surface area contributed by atoms with Gasteiger partial charge in [-0.1, -0.05) is 6.07 Å². The van der Waals surface area contributed by atoms with Crippen LogP contribution in [-0.2, 0) is 6.54 Å². The number of carbonyl (C=O) groups is 1. The third-order valence-corrected chi connectivity index (χ3v) is 3.12. The first-order valence-corrected chi connectivity index (χ1v) is 6.06. The van der Waals surface area contributed by atoms with E-state index in [0.29, 0.717) is 6.54 Å². The lowest BCUT2D eigenvalue weighted by Gasteiger charge is -2.16. The molecule has 0 aliphatic heterocycles. The zero-order valence-electron chi connectivity index (χ0n) is 9.65. The Hall–Kier alpha value is -1.69. The van der Waals surface area contributed by atoms with Crippen LogP contribution in [0.4, 0.5) is 4.39 Å². The minimum atomic E-state index is -0.540. The molecule has 1 aromatic heterocycles. The topological polar surface area (TPSA) is 49.0 Å². The number of benzene rings is 1. The second-order valence-corrected chi connectivity index (χ2v) is 4.72. The monoisotopic (exact) mass is 311 g/mol. The fraction of sp³-hybridized carbons (Fsp3) is 0.167. The Morgan fingerprint density at radius 2 is 2.33 bits per heavy atom. The molecule has 1 N–H and O–H groups in total. The van der Waals surface area contributed by atoms with E-state index >= 15 is 0 Å². The van der Waals surface area contributed by atoms with Gasteiger partial charge in [0.15, 0.2) is 0 Å². The number of rotatable bonds is 3. The molecule has 4 nitrogen and oxygen atoms in total. The first-order valence-electron chi connectivity index (χ1n) is 5.26. The van der Waals surface area contributed by atoms with E-state index in [0.717, 1.165) is 5.56 Å². The Morgan fingerprint density at radius 3 is 3.00 bits per heavy atom.